The third-order valence-electron chi connectivity index (χ3n) is 5.05. The van der Waals surface area contributed by atoms with E-state index in [1.165, 1.54) is 0 Å². The highest BCUT2D eigenvalue weighted by molar-refractivity contribution is 9.11. The number of nitrogen functional groups attached to an aromatic ring is 1. The number of fused-ring (bicyclic) bond motifs is 1. The summed E-state index contributed by atoms with van der Waals surface area (Å²) in [4.78, 5) is 1.63. The molecule has 0 aliphatic rings. The molecule has 0 spiro atoms. The Hall–Kier alpha value is -2.82. The first-order chi connectivity index (χ1) is 16.4. The Morgan fingerprint density at radius 1 is 0.824 bits per heavy atom. The molecule has 0 aliphatic carbocycles. The predicted molar refractivity (Wildman–Crippen MR) is 144 cm³/mol. The summed E-state index contributed by atoms with van der Waals surface area (Å²) in [6, 6.07) is 15.5. The number of benzene rings is 3. The zero-order chi connectivity index (χ0) is 24.8. The van der Waals surface area contributed by atoms with Crippen LogP contribution in [0.2, 0.25) is 0 Å². The average molecular weight is 592 g/mol. The number of hydrogen-bond acceptors (Lipinski definition) is 7. The first-order valence-electron chi connectivity index (χ1n) is 10.7. The summed E-state index contributed by atoms with van der Waals surface area (Å²) in [6.07, 6.45) is 0. The summed E-state index contributed by atoms with van der Waals surface area (Å²) in [7, 11) is 3.28. The fourth-order valence-electron chi connectivity index (χ4n) is 3.36. The van der Waals surface area contributed by atoms with E-state index in [1.807, 2.05) is 62.4 Å². The maximum absolute atomic E-state index is 6.43. The van der Waals surface area contributed by atoms with Crippen molar-refractivity contribution in [2.45, 2.75) is 26.9 Å². The number of ether oxygens (including phenoxy) is 2. The summed E-state index contributed by atoms with van der Waals surface area (Å²) < 4.78 is 11.8. The van der Waals surface area contributed by atoms with Crippen molar-refractivity contribution in [3.8, 4) is 11.5 Å². The Labute approximate surface area is 216 Å². The standard InChI is InChI=1S/C22H22Br2N6O2.C2H6/c1-31-15-7-3-13(4-8-15)11-29(26)22-18(24)21-20(17(23)19(22)25)27-30(28-21)12-14-5-9-16(32-2)10-6-14;1-2/h3-10H,11-12,25-26H2,1-2H3;1-2H3. The van der Waals surface area contributed by atoms with E-state index in [9.17, 15) is 0 Å². The van der Waals surface area contributed by atoms with Crippen LogP contribution in [0.25, 0.3) is 11.0 Å². The van der Waals surface area contributed by atoms with Crippen molar-refractivity contribution in [3.63, 3.8) is 0 Å². The van der Waals surface area contributed by atoms with E-state index in [-0.39, 0.29) is 0 Å². The molecule has 10 heteroatoms. The molecule has 0 bridgehead atoms. The van der Waals surface area contributed by atoms with Crippen LogP contribution < -0.4 is 26.1 Å². The molecule has 4 N–H and O–H groups in total. The molecular weight excluding hydrogens is 564 g/mol. The van der Waals surface area contributed by atoms with Gasteiger partial charge in [0.05, 0.1) is 47.6 Å². The molecule has 4 aromatic rings. The number of hydrogen-bond donors (Lipinski definition) is 2. The molecule has 4 rings (SSSR count). The Balaban J connectivity index is 0.00000158. The summed E-state index contributed by atoms with van der Waals surface area (Å²) in [5.74, 6) is 8.01. The van der Waals surface area contributed by atoms with Gasteiger partial charge in [0, 0.05) is 0 Å². The molecule has 1 heterocycles. The fraction of sp³-hybridized carbons (Fsp3) is 0.250. The maximum Gasteiger partial charge on any atom is 0.130 e. The Bertz CT molecular complexity index is 1240. The lowest BCUT2D eigenvalue weighted by atomic mass is 10.2. The van der Waals surface area contributed by atoms with Gasteiger partial charge in [-0.3, -0.25) is 0 Å². The number of hydrazine groups is 1. The number of methoxy groups -OCH3 is 2. The van der Waals surface area contributed by atoms with Crippen LogP contribution in [0.1, 0.15) is 25.0 Å². The lowest BCUT2D eigenvalue weighted by molar-refractivity contribution is 0.414. The number of rotatable bonds is 7. The molecule has 0 atom stereocenters. The van der Waals surface area contributed by atoms with E-state index in [2.05, 4.69) is 42.1 Å². The molecule has 3 aromatic carbocycles. The molecule has 0 saturated carbocycles. The van der Waals surface area contributed by atoms with Crippen molar-refractivity contribution in [2.75, 3.05) is 25.0 Å². The van der Waals surface area contributed by atoms with Gasteiger partial charge in [-0.1, -0.05) is 38.1 Å². The second-order valence-corrected chi connectivity index (χ2v) is 8.73. The number of halogens is 2. The van der Waals surface area contributed by atoms with Gasteiger partial charge in [-0.25, -0.2) is 5.84 Å². The van der Waals surface area contributed by atoms with Crippen molar-refractivity contribution in [3.05, 3.63) is 68.6 Å². The minimum absolute atomic E-state index is 0.449. The summed E-state index contributed by atoms with van der Waals surface area (Å²) in [6.45, 7) is 4.95. The van der Waals surface area contributed by atoms with Gasteiger partial charge in [0.1, 0.15) is 22.5 Å². The predicted octanol–water partition coefficient (Wildman–Crippen LogP) is 5.51. The lowest BCUT2D eigenvalue weighted by Crippen LogP contribution is -2.31. The van der Waals surface area contributed by atoms with Gasteiger partial charge in [-0.15, -0.1) is 0 Å². The van der Waals surface area contributed by atoms with Gasteiger partial charge in [0.15, 0.2) is 0 Å². The van der Waals surface area contributed by atoms with E-state index in [0.717, 1.165) is 22.6 Å². The highest BCUT2D eigenvalue weighted by Gasteiger charge is 2.22. The first-order valence-corrected chi connectivity index (χ1v) is 12.3. The van der Waals surface area contributed by atoms with E-state index >= 15 is 0 Å². The van der Waals surface area contributed by atoms with Crippen molar-refractivity contribution in [1.82, 2.24) is 15.0 Å². The molecular formula is C24H28Br2N6O2. The van der Waals surface area contributed by atoms with Crippen molar-refractivity contribution in [1.29, 1.82) is 0 Å². The number of aromatic nitrogens is 3. The Morgan fingerprint density at radius 2 is 1.29 bits per heavy atom. The lowest BCUT2D eigenvalue weighted by Gasteiger charge is -2.23. The van der Waals surface area contributed by atoms with Gasteiger partial charge in [-0.2, -0.15) is 15.0 Å². The molecule has 34 heavy (non-hydrogen) atoms. The Morgan fingerprint density at radius 3 is 1.79 bits per heavy atom. The zero-order valence-corrected chi connectivity index (χ0v) is 22.7. The molecule has 1 aromatic heterocycles. The molecule has 0 saturated heterocycles. The summed E-state index contributed by atoms with van der Waals surface area (Å²) in [5.41, 5.74) is 10.9. The minimum Gasteiger partial charge on any atom is -0.497 e. The number of nitrogens with zero attached hydrogens (tertiary/aromatic N) is 4. The monoisotopic (exact) mass is 590 g/mol. The topological polar surface area (TPSA) is 104 Å². The highest BCUT2D eigenvalue weighted by atomic mass is 79.9. The van der Waals surface area contributed by atoms with Gasteiger partial charge in [0.25, 0.3) is 0 Å². The van der Waals surface area contributed by atoms with Gasteiger partial charge in [0.2, 0.25) is 0 Å². The van der Waals surface area contributed by atoms with Gasteiger partial charge < -0.3 is 20.2 Å². The molecule has 0 radical (unpaired) electrons. The molecule has 180 valence electrons. The molecule has 0 unspecified atom stereocenters. The van der Waals surface area contributed by atoms with Crippen molar-refractivity contribution in [2.24, 2.45) is 5.84 Å². The summed E-state index contributed by atoms with van der Waals surface area (Å²) >= 11 is 7.23. The smallest absolute Gasteiger partial charge is 0.130 e. The van der Waals surface area contributed by atoms with Gasteiger partial charge in [-0.05, 0) is 67.3 Å². The van der Waals surface area contributed by atoms with Crippen LogP contribution in [0.4, 0.5) is 11.4 Å². The van der Waals surface area contributed by atoms with E-state index < -0.39 is 0 Å². The quantitative estimate of drug-likeness (QED) is 0.166. The second kappa shape index (κ2) is 11.5. The maximum atomic E-state index is 6.43. The third-order valence-corrected chi connectivity index (χ3v) is 6.61. The number of anilines is 2. The first kappa shape index (κ1) is 25.8. The van der Waals surface area contributed by atoms with Crippen LogP contribution in [-0.4, -0.2) is 29.2 Å². The van der Waals surface area contributed by atoms with Crippen LogP contribution >= 0.6 is 31.9 Å². The van der Waals surface area contributed by atoms with Crippen molar-refractivity contribution < 1.29 is 9.47 Å². The fourth-order valence-corrected chi connectivity index (χ4v) is 4.52. The average Bonchev–Trinajstić information content (AvgIpc) is 3.29. The molecule has 0 aliphatic heterocycles. The van der Waals surface area contributed by atoms with Crippen LogP contribution in [0.3, 0.4) is 0 Å². The SMILES string of the molecule is CC.COc1ccc(CN(N)c2c(N)c(Br)c3nn(Cc4ccc(OC)cc4)nc3c2Br)cc1. The second-order valence-electron chi connectivity index (χ2n) is 7.14. The minimum atomic E-state index is 0.449. The van der Waals surface area contributed by atoms with E-state index in [4.69, 9.17) is 21.1 Å². The summed E-state index contributed by atoms with van der Waals surface area (Å²) in [5, 5.41) is 10.9. The van der Waals surface area contributed by atoms with Crippen LogP contribution in [0, 0.1) is 0 Å². The molecule has 0 amide bonds. The third kappa shape index (κ3) is 5.45. The zero-order valence-electron chi connectivity index (χ0n) is 19.5. The molecule has 0 fully saturated rings. The van der Waals surface area contributed by atoms with Crippen LogP contribution in [0.15, 0.2) is 57.5 Å². The van der Waals surface area contributed by atoms with Crippen molar-refractivity contribution >= 4 is 54.3 Å². The van der Waals surface area contributed by atoms with Crippen LogP contribution in [-0.2, 0) is 13.1 Å². The van der Waals surface area contributed by atoms with Gasteiger partial charge >= 0.3 is 0 Å². The largest absolute Gasteiger partial charge is 0.497 e. The Kier molecular flexibility index (Phi) is 8.76. The van der Waals surface area contributed by atoms with E-state index in [0.29, 0.717) is 44.4 Å². The molecule has 8 nitrogen and oxygen atoms in total. The highest BCUT2D eigenvalue weighted by Crippen LogP contribution is 2.43. The van der Waals surface area contributed by atoms with Crippen LogP contribution in [0.5, 0.6) is 11.5 Å². The number of nitrogens with two attached hydrogens (primary N) is 2. The van der Waals surface area contributed by atoms with E-state index in [1.54, 1.807) is 24.0 Å². The normalized spacial score (nSPS) is 10.6.